The summed E-state index contributed by atoms with van der Waals surface area (Å²) in [6, 6.07) is 8.30. The predicted octanol–water partition coefficient (Wildman–Crippen LogP) is 2.65. The van der Waals surface area contributed by atoms with Gasteiger partial charge in [-0.05, 0) is 42.8 Å². The molecule has 1 N–H and O–H groups in total. The molecule has 1 fully saturated rings. The fourth-order valence-corrected chi connectivity index (χ4v) is 3.14. The molecular weight excluding hydrogens is 301 g/mol. The fourth-order valence-electron chi connectivity index (χ4n) is 2.37. The average molecular weight is 317 g/mol. The van der Waals surface area contributed by atoms with E-state index in [1.807, 2.05) is 0 Å². The first-order chi connectivity index (χ1) is 10.7. The molecule has 0 bridgehead atoms. The minimum Gasteiger partial charge on any atom is -0.352 e. The highest BCUT2D eigenvalue weighted by molar-refractivity contribution is 7.10. The molecule has 1 aliphatic rings. The summed E-state index contributed by atoms with van der Waals surface area (Å²) < 4.78 is 17.4. The van der Waals surface area contributed by atoms with E-state index < -0.39 is 0 Å². The number of hydrogen-bond donors (Lipinski definition) is 1. The number of likely N-dealkylation sites (N-methyl/N-ethyl adjacent to an activating group) is 1. The number of anilines is 3. The number of nitrogens with one attached hydrogen (secondary N) is 1. The van der Waals surface area contributed by atoms with E-state index in [1.54, 1.807) is 12.1 Å². The molecule has 5 nitrogen and oxygen atoms in total. The summed E-state index contributed by atoms with van der Waals surface area (Å²) in [5.74, 6) is 0.457. The number of piperazine rings is 1. The van der Waals surface area contributed by atoms with Crippen molar-refractivity contribution in [1.82, 2.24) is 9.27 Å². The van der Waals surface area contributed by atoms with Crippen LogP contribution in [-0.4, -0.2) is 42.5 Å². The molecule has 0 atom stereocenters. The summed E-state index contributed by atoms with van der Waals surface area (Å²) in [7, 11) is 2.09. The lowest BCUT2D eigenvalue weighted by Gasteiger charge is -2.32. The Morgan fingerprint density at radius 3 is 2.55 bits per heavy atom. The molecule has 0 aliphatic carbocycles. The normalized spacial score (nSPS) is 15.6. The molecule has 1 aliphatic heterocycles. The van der Waals surface area contributed by atoms with Gasteiger partial charge in [-0.15, -0.1) is 0 Å². The van der Waals surface area contributed by atoms with E-state index in [1.165, 1.54) is 23.7 Å². The van der Waals surface area contributed by atoms with Crippen molar-refractivity contribution in [1.29, 1.82) is 5.26 Å². The van der Waals surface area contributed by atoms with Crippen LogP contribution in [-0.2, 0) is 0 Å². The largest absolute Gasteiger partial charge is 0.352 e. The minimum atomic E-state index is -0.284. The summed E-state index contributed by atoms with van der Waals surface area (Å²) in [5, 5.41) is 13.3. The third-order valence-corrected chi connectivity index (χ3v) is 4.44. The van der Waals surface area contributed by atoms with Gasteiger partial charge < -0.3 is 15.1 Å². The lowest BCUT2D eigenvalue weighted by molar-refractivity contribution is 0.312. The maximum Gasteiger partial charge on any atom is 0.162 e. The quantitative estimate of drug-likeness (QED) is 0.943. The second kappa shape index (κ2) is 6.30. The van der Waals surface area contributed by atoms with Gasteiger partial charge in [0.25, 0.3) is 0 Å². The molecule has 7 heteroatoms. The molecule has 22 heavy (non-hydrogen) atoms. The third-order valence-electron chi connectivity index (χ3n) is 3.69. The number of halogens is 1. The molecular formula is C15H16FN5S. The van der Waals surface area contributed by atoms with Gasteiger partial charge in [-0.1, -0.05) is 0 Å². The van der Waals surface area contributed by atoms with E-state index in [9.17, 15) is 9.65 Å². The first-order valence-electron chi connectivity index (χ1n) is 7.03. The van der Waals surface area contributed by atoms with E-state index in [2.05, 4.69) is 32.6 Å². The second-order valence-electron chi connectivity index (χ2n) is 5.24. The molecule has 0 radical (unpaired) electrons. The van der Waals surface area contributed by atoms with Crippen LogP contribution < -0.4 is 10.2 Å². The van der Waals surface area contributed by atoms with Gasteiger partial charge in [0.1, 0.15) is 22.5 Å². The van der Waals surface area contributed by atoms with Crippen molar-refractivity contribution in [3.05, 3.63) is 35.6 Å². The van der Waals surface area contributed by atoms with Crippen molar-refractivity contribution in [3.8, 4) is 6.07 Å². The molecule has 0 saturated carbocycles. The van der Waals surface area contributed by atoms with Crippen LogP contribution in [0.25, 0.3) is 0 Å². The molecule has 0 unspecified atom stereocenters. The summed E-state index contributed by atoms with van der Waals surface area (Å²) in [4.78, 5) is 4.40. The summed E-state index contributed by atoms with van der Waals surface area (Å²) in [6.07, 6.45) is 0. The van der Waals surface area contributed by atoms with E-state index in [4.69, 9.17) is 0 Å². The molecule has 3 rings (SSSR count). The van der Waals surface area contributed by atoms with Crippen LogP contribution in [0.3, 0.4) is 0 Å². The number of benzene rings is 1. The van der Waals surface area contributed by atoms with E-state index in [0.717, 1.165) is 37.7 Å². The van der Waals surface area contributed by atoms with Crippen LogP contribution in [0.2, 0.25) is 0 Å². The van der Waals surface area contributed by atoms with Gasteiger partial charge in [0.2, 0.25) is 0 Å². The smallest absolute Gasteiger partial charge is 0.162 e. The van der Waals surface area contributed by atoms with Gasteiger partial charge in [-0.25, -0.2) is 4.39 Å². The van der Waals surface area contributed by atoms with Crippen molar-refractivity contribution < 1.29 is 4.39 Å². The van der Waals surface area contributed by atoms with Crippen LogP contribution in [0.1, 0.15) is 5.56 Å². The molecule has 1 aromatic heterocycles. The van der Waals surface area contributed by atoms with Crippen LogP contribution in [0, 0.1) is 17.1 Å². The Labute approximate surface area is 132 Å². The third kappa shape index (κ3) is 3.03. The Kier molecular flexibility index (Phi) is 4.22. The zero-order chi connectivity index (χ0) is 15.5. The summed E-state index contributed by atoms with van der Waals surface area (Å²) in [6.45, 7) is 3.65. The van der Waals surface area contributed by atoms with Gasteiger partial charge in [0.05, 0.1) is 0 Å². The molecule has 1 aromatic carbocycles. The van der Waals surface area contributed by atoms with E-state index in [-0.39, 0.29) is 5.82 Å². The molecule has 2 aromatic rings. The zero-order valence-corrected chi connectivity index (χ0v) is 13.0. The van der Waals surface area contributed by atoms with Gasteiger partial charge in [-0.2, -0.15) is 9.64 Å². The second-order valence-corrected chi connectivity index (χ2v) is 6.02. The Morgan fingerprint density at radius 2 is 1.91 bits per heavy atom. The summed E-state index contributed by atoms with van der Waals surface area (Å²) >= 11 is 1.26. The zero-order valence-electron chi connectivity index (χ0n) is 12.2. The SMILES string of the molecule is CN1CCN(c2nsc(Nc3ccc(F)cc3)c2C#N)CC1. The van der Waals surface area contributed by atoms with Gasteiger partial charge in [0, 0.05) is 31.9 Å². The predicted molar refractivity (Wildman–Crippen MR) is 86.2 cm³/mol. The van der Waals surface area contributed by atoms with Crippen LogP contribution in [0.4, 0.5) is 20.9 Å². The maximum atomic E-state index is 12.9. The van der Waals surface area contributed by atoms with E-state index >= 15 is 0 Å². The van der Waals surface area contributed by atoms with Crippen molar-refractivity contribution in [2.45, 2.75) is 0 Å². The highest BCUT2D eigenvalue weighted by atomic mass is 32.1. The highest BCUT2D eigenvalue weighted by Gasteiger charge is 2.22. The standard InChI is InChI=1S/C15H16FN5S/c1-20-6-8-21(9-7-20)14-13(10-17)15(22-19-14)18-12-4-2-11(16)3-5-12/h2-5,18H,6-9H2,1H3. The lowest BCUT2D eigenvalue weighted by atomic mass is 10.2. The van der Waals surface area contributed by atoms with E-state index in [0.29, 0.717) is 10.6 Å². The Morgan fingerprint density at radius 1 is 1.23 bits per heavy atom. The molecule has 0 spiro atoms. The first-order valence-corrected chi connectivity index (χ1v) is 7.80. The Hall–Kier alpha value is -2.17. The van der Waals surface area contributed by atoms with Crippen molar-refractivity contribution in [2.75, 3.05) is 43.4 Å². The number of hydrogen-bond acceptors (Lipinski definition) is 6. The first kappa shape index (κ1) is 14.8. The maximum absolute atomic E-state index is 12.9. The molecule has 114 valence electrons. The number of nitrogens with zero attached hydrogens (tertiary/aromatic N) is 4. The Bertz CT molecular complexity index is 683. The molecule has 1 saturated heterocycles. The Balaban J connectivity index is 1.81. The van der Waals surface area contributed by atoms with Crippen molar-refractivity contribution >= 4 is 28.0 Å². The highest BCUT2D eigenvalue weighted by Crippen LogP contribution is 2.33. The monoisotopic (exact) mass is 317 g/mol. The minimum absolute atomic E-state index is 0.284. The van der Waals surface area contributed by atoms with Gasteiger partial charge in [-0.3, -0.25) is 0 Å². The van der Waals surface area contributed by atoms with Crippen LogP contribution >= 0.6 is 11.5 Å². The summed E-state index contributed by atoms with van der Waals surface area (Å²) in [5.41, 5.74) is 1.30. The number of nitriles is 1. The van der Waals surface area contributed by atoms with Crippen molar-refractivity contribution in [2.24, 2.45) is 0 Å². The van der Waals surface area contributed by atoms with Gasteiger partial charge in [0.15, 0.2) is 5.82 Å². The topological polar surface area (TPSA) is 55.2 Å². The lowest BCUT2D eigenvalue weighted by Crippen LogP contribution is -2.44. The van der Waals surface area contributed by atoms with Crippen molar-refractivity contribution in [3.63, 3.8) is 0 Å². The number of rotatable bonds is 3. The van der Waals surface area contributed by atoms with Crippen LogP contribution in [0.5, 0.6) is 0 Å². The number of aromatic nitrogens is 1. The van der Waals surface area contributed by atoms with Crippen LogP contribution in [0.15, 0.2) is 24.3 Å². The average Bonchev–Trinajstić information content (AvgIpc) is 2.93. The fraction of sp³-hybridized carbons (Fsp3) is 0.333. The van der Waals surface area contributed by atoms with Gasteiger partial charge >= 0.3 is 0 Å². The molecule has 2 heterocycles. The molecule has 0 amide bonds.